The second-order valence-electron chi connectivity index (χ2n) is 4.04. The van der Waals surface area contributed by atoms with Gasteiger partial charge in [0, 0.05) is 21.5 Å². The van der Waals surface area contributed by atoms with Crippen LogP contribution in [0.25, 0.3) is 10.6 Å². The quantitative estimate of drug-likeness (QED) is 0.929. The highest BCUT2D eigenvalue weighted by atomic mass is 79.9. The third kappa shape index (κ3) is 2.76. The Hall–Kier alpha value is -0.710. The van der Waals surface area contributed by atoms with Crippen molar-refractivity contribution in [1.82, 2.24) is 10.3 Å². The van der Waals surface area contributed by atoms with Gasteiger partial charge < -0.3 is 5.32 Å². The van der Waals surface area contributed by atoms with E-state index >= 15 is 0 Å². The van der Waals surface area contributed by atoms with Crippen molar-refractivity contribution in [3.63, 3.8) is 0 Å². The summed E-state index contributed by atoms with van der Waals surface area (Å²) in [4.78, 5) is 5.94. The summed E-state index contributed by atoms with van der Waals surface area (Å²) < 4.78 is 1.11. The lowest BCUT2D eigenvalue weighted by Crippen LogP contribution is -2.04. The molecule has 0 atom stereocenters. The number of benzene rings is 1. The van der Waals surface area contributed by atoms with Gasteiger partial charge in [-0.25, -0.2) is 4.98 Å². The lowest BCUT2D eigenvalue weighted by atomic mass is 10.2. The van der Waals surface area contributed by atoms with Crippen LogP contribution in [0.5, 0.6) is 0 Å². The van der Waals surface area contributed by atoms with Crippen LogP contribution in [0.2, 0.25) is 0 Å². The molecule has 0 radical (unpaired) electrons. The third-order valence-corrected chi connectivity index (χ3v) is 4.43. The zero-order valence-electron chi connectivity index (χ0n) is 10.2. The van der Waals surface area contributed by atoms with E-state index in [4.69, 9.17) is 0 Å². The lowest BCUT2D eigenvalue weighted by molar-refractivity contribution is 0.823. The zero-order chi connectivity index (χ0) is 12.4. The highest BCUT2D eigenvalue weighted by molar-refractivity contribution is 9.10. The molecule has 0 aliphatic heterocycles. The van der Waals surface area contributed by atoms with Gasteiger partial charge >= 0.3 is 0 Å². The third-order valence-electron chi connectivity index (χ3n) is 2.58. The van der Waals surface area contributed by atoms with Gasteiger partial charge in [0.25, 0.3) is 0 Å². The van der Waals surface area contributed by atoms with Crippen molar-refractivity contribution in [2.75, 3.05) is 7.05 Å². The zero-order valence-corrected chi connectivity index (χ0v) is 12.6. The largest absolute Gasteiger partial charge is 0.315 e. The Morgan fingerprint density at radius 1 is 1.35 bits per heavy atom. The van der Waals surface area contributed by atoms with E-state index in [1.165, 1.54) is 16.0 Å². The number of aryl methyl sites for hydroxylation is 2. The van der Waals surface area contributed by atoms with Crippen molar-refractivity contribution < 1.29 is 0 Å². The molecule has 1 aromatic heterocycles. The standard InChI is InChI=1S/C13H15BrN2S/c1-8-4-5-10(11(14)6-8)13-16-9(2)12(17-13)7-15-3/h4-6,15H,7H2,1-3H3. The first-order valence-corrected chi connectivity index (χ1v) is 7.10. The van der Waals surface area contributed by atoms with Crippen LogP contribution in [0.3, 0.4) is 0 Å². The Bertz CT molecular complexity index is 534. The summed E-state index contributed by atoms with van der Waals surface area (Å²) in [5, 5.41) is 4.26. The molecule has 17 heavy (non-hydrogen) atoms. The number of aromatic nitrogens is 1. The van der Waals surface area contributed by atoms with Crippen molar-refractivity contribution in [3.05, 3.63) is 38.8 Å². The van der Waals surface area contributed by atoms with E-state index in [2.05, 4.69) is 58.3 Å². The molecule has 90 valence electrons. The predicted octanol–water partition coefficient (Wildman–Crippen LogP) is 3.91. The number of hydrogen-bond donors (Lipinski definition) is 1. The van der Waals surface area contributed by atoms with E-state index in [1.54, 1.807) is 11.3 Å². The van der Waals surface area contributed by atoms with Gasteiger partial charge in [-0.15, -0.1) is 11.3 Å². The molecular formula is C13H15BrN2S. The topological polar surface area (TPSA) is 24.9 Å². The Morgan fingerprint density at radius 3 is 2.76 bits per heavy atom. The smallest absolute Gasteiger partial charge is 0.125 e. The van der Waals surface area contributed by atoms with Gasteiger partial charge in [0.1, 0.15) is 5.01 Å². The van der Waals surface area contributed by atoms with Crippen molar-refractivity contribution in [3.8, 4) is 10.6 Å². The molecule has 0 saturated carbocycles. The predicted molar refractivity (Wildman–Crippen MR) is 77.5 cm³/mol. The highest BCUT2D eigenvalue weighted by Gasteiger charge is 2.11. The summed E-state index contributed by atoms with van der Waals surface area (Å²) in [6.45, 7) is 5.04. The van der Waals surface area contributed by atoms with Gasteiger partial charge in [0.05, 0.1) is 5.69 Å². The maximum absolute atomic E-state index is 4.64. The Kier molecular flexibility index (Phi) is 3.97. The number of nitrogens with zero attached hydrogens (tertiary/aromatic N) is 1. The summed E-state index contributed by atoms with van der Waals surface area (Å²) >= 11 is 5.36. The van der Waals surface area contributed by atoms with Gasteiger partial charge in [-0.05, 0) is 32.5 Å². The van der Waals surface area contributed by atoms with Crippen molar-refractivity contribution in [1.29, 1.82) is 0 Å². The molecule has 0 unspecified atom stereocenters. The minimum absolute atomic E-state index is 0.882. The molecule has 0 aliphatic carbocycles. The molecular weight excluding hydrogens is 296 g/mol. The molecule has 4 heteroatoms. The number of nitrogens with one attached hydrogen (secondary N) is 1. The van der Waals surface area contributed by atoms with Crippen LogP contribution in [0, 0.1) is 13.8 Å². The highest BCUT2D eigenvalue weighted by Crippen LogP contribution is 2.33. The second kappa shape index (κ2) is 5.29. The first-order chi connectivity index (χ1) is 8.11. The summed E-state index contributed by atoms with van der Waals surface area (Å²) in [6.07, 6.45) is 0. The molecule has 0 spiro atoms. The summed E-state index contributed by atoms with van der Waals surface area (Å²) in [7, 11) is 1.96. The minimum atomic E-state index is 0.882. The fraction of sp³-hybridized carbons (Fsp3) is 0.308. The van der Waals surface area contributed by atoms with Crippen molar-refractivity contribution in [2.24, 2.45) is 0 Å². The molecule has 0 aliphatic rings. The minimum Gasteiger partial charge on any atom is -0.315 e. The molecule has 0 saturated heterocycles. The van der Waals surface area contributed by atoms with Gasteiger partial charge in [-0.2, -0.15) is 0 Å². The fourth-order valence-electron chi connectivity index (χ4n) is 1.66. The molecule has 0 bridgehead atoms. The maximum Gasteiger partial charge on any atom is 0.125 e. The molecule has 0 amide bonds. The Morgan fingerprint density at radius 2 is 2.12 bits per heavy atom. The molecule has 1 aromatic carbocycles. The Balaban J connectivity index is 2.42. The van der Waals surface area contributed by atoms with Crippen LogP contribution in [0.15, 0.2) is 22.7 Å². The van der Waals surface area contributed by atoms with Crippen molar-refractivity contribution >= 4 is 27.3 Å². The maximum atomic E-state index is 4.64. The van der Waals surface area contributed by atoms with E-state index in [9.17, 15) is 0 Å². The lowest BCUT2D eigenvalue weighted by Gasteiger charge is -2.01. The van der Waals surface area contributed by atoms with Crippen LogP contribution in [0.1, 0.15) is 16.1 Å². The number of halogens is 1. The van der Waals surface area contributed by atoms with E-state index in [0.717, 1.165) is 21.7 Å². The SMILES string of the molecule is CNCc1sc(-c2ccc(C)cc2Br)nc1C. The normalized spacial score (nSPS) is 10.8. The molecule has 1 N–H and O–H groups in total. The molecule has 2 rings (SSSR count). The van der Waals surface area contributed by atoms with E-state index < -0.39 is 0 Å². The van der Waals surface area contributed by atoms with E-state index in [1.807, 2.05) is 7.05 Å². The molecule has 2 aromatic rings. The fourth-order valence-corrected chi connectivity index (χ4v) is 3.59. The average molecular weight is 311 g/mol. The van der Waals surface area contributed by atoms with Gasteiger partial charge in [0.2, 0.25) is 0 Å². The summed E-state index contributed by atoms with van der Waals surface area (Å²) in [5.74, 6) is 0. The van der Waals surface area contributed by atoms with Gasteiger partial charge in [-0.3, -0.25) is 0 Å². The average Bonchev–Trinajstić information content (AvgIpc) is 2.60. The summed E-state index contributed by atoms with van der Waals surface area (Å²) in [6, 6.07) is 6.37. The summed E-state index contributed by atoms with van der Waals surface area (Å²) in [5.41, 5.74) is 3.54. The number of rotatable bonds is 3. The van der Waals surface area contributed by atoms with Crippen molar-refractivity contribution in [2.45, 2.75) is 20.4 Å². The number of hydrogen-bond acceptors (Lipinski definition) is 3. The van der Waals surface area contributed by atoms with Gasteiger partial charge in [0.15, 0.2) is 0 Å². The van der Waals surface area contributed by atoms with Crippen LogP contribution in [-0.2, 0) is 6.54 Å². The van der Waals surface area contributed by atoms with Gasteiger partial charge in [-0.1, -0.05) is 28.1 Å². The van der Waals surface area contributed by atoms with E-state index in [-0.39, 0.29) is 0 Å². The number of thiazole rings is 1. The van der Waals surface area contributed by atoms with Crippen LogP contribution in [-0.4, -0.2) is 12.0 Å². The second-order valence-corrected chi connectivity index (χ2v) is 5.98. The molecule has 1 heterocycles. The van der Waals surface area contributed by atoms with Crippen LogP contribution >= 0.6 is 27.3 Å². The van der Waals surface area contributed by atoms with E-state index in [0.29, 0.717) is 0 Å². The molecule has 2 nitrogen and oxygen atoms in total. The first kappa shape index (κ1) is 12.7. The van der Waals surface area contributed by atoms with Crippen LogP contribution in [0.4, 0.5) is 0 Å². The first-order valence-electron chi connectivity index (χ1n) is 5.49. The molecule has 0 fully saturated rings. The van der Waals surface area contributed by atoms with Crippen LogP contribution < -0.4 is 5.32 Å². The Labute approximate surface area is 114 Å². The monoisotopic (exact) mass is 310 g/mol.